The van der Waals surface area contributed by atoms with Gasteiger partial charge >= 0.3 is 5.69 Å². The van der Waals surface area contributed by atoms with Gasteiger partial charge in [-0.25, -0.2) is 9.89 Å². The molecule has 0 aliphatic carbocycles. The molecular formula is C9H9ClN4O3. The van der Waals surface area contributed by atoms with Crippen LogP contribution in [0.5, 0.6) is 11.5 Å². The van der Waals surface area contributed by atoms with E-state index in [-0.39, 0.29) is 0 Å². The molecule has 2 rings (SSSR count). The fourth-order valence-electron chi connectivity index (χ4n) is 1.37. The quantitative estimate of drug-likeness (QED) is 0.871. The van der Waals surface area contributed by atoms with E-state index in [2.05, 4.69) is 15.5 Å². The molecule has 90 valence electrons. The number of H-pyrrole nitrogens is 1. The number of aromatic amines is 1. The van der Waals surface area contributed by atoms with Gasteiger partial charge in [-0.2, -0.15) is 4.68 Å². The number of nitrogens with one attached hydrogen (secondary N) is 1. The highest BCUT2D eigenvalue weighted by atomic mass is 35.5. The summed E-state index contributed by atoms with van der Waals surface area (Å²) in [5, 5.41) is 9.58. The molecule has 0 radical (unpaired) electrons. The second kappa shape index (κ2) is 4.46. The van der Waals surface area contributed by atoms with E-state index in [0.29, 0.717) is 22.2 Å². The van der Waals surface area contributed by atoms with Crippen LogP contribution in [0.2, 0.25) is 5.02 Å². The lowest BCUT2D eigenvalue weighted by Crippen LogP contribution is -2.16. The Bertz CT molecular complexity index is 592. The van der Waals surface area contributed by atoms with Crippen LogP contribution in [0.25, 0.3) is 5.69 Å². The van der Waals surface area contributed by atoms with E-state index in [1.807, 2.05) is 0 Å². The molecule has 8 heteroatoms. The number of benzene rings is 1. The van der Waals surface area contributed by atoms with Crippen LogP contribution < -0.4 is 15.2 Å². The van der Waals surface area contributed by atoms with Gasteiger partial charge in [0.2, 0.25) is 0 Å². The number of ether oxygens (including phenoxy) is 2. The fourth-order valence-corrected chi connectivity index (χ4v) is 1.60. The van der Waals surface area contributed by atoms with Crippen molar-refractivity contribution in [2.45, 2.75) is 0 Å². The number of aromatic nitrogens is 4. The largest absolute Gasteiger partial charge is 0.495 e. The first kappa shape index (κ1) is 11.5. The molecule has 0 aliphatic heterocycles. The summed E-state index contributed by atoms with van der Waals surface area (Å²) in [6, 6.07) is 3.09. The number of tetrazole rings is 1. The monoisotopic (exact) mass is 256 g/mol. The van der Waals surface area contributed by atoms with Crippen molar-refractivity contribution in [2.75, 3.05) is 14.2 Å². The molecule has 0 aliphatic rings. The van der Waals surface area contributed by atoms with Gasteiger partial charge in [0.25, 0.3) is 0 Å². The maximum absolute atomic E-state index is 11.4. The van der Waals surface area contributed by atoms with Crippen LogP contribution >= 0.6 is 11.6 Å². The number of methoxy groups -OCH3 is 2. The second-order valence-corrected chi connectivity index (χ2v) is 3.48. The molecule has 0 unspecified atom stereocenters. The smallest absolute Gasteiger partial charge is 0.365 e. The van der Waals surface area contributed by atoms with Gasteiger partial charge < -0.3 is 9.47 Å². The predicted molar refractivity (Wildman–Crippen MR) is 60.1 cm³/mol. The molecule has 0 amide bonds. The van der Waals surface area contributed by atoms with Gasteiger partial charge in [-0.3, -0.25) is 0 Å². The molecule has 0 saturated carbocycles. The standard InChI is InChI=1S/C9H9ClN4O3/c1-16-7-4-6(8(17-2)3-5(7)10)14-9(15)11-12-13-14/h3-4H,1-2H3,(H,11,13,15). The van der Waals surface area contributed by atoms with E-state index < -0.39 is 5.69 Å². The van der Waals surface area contributed by atoms with Crippen LogP contribution in [-0.4, -0.2) is 34.4 Å². The van der Waals surface area contributed by atoms with Crippen molar-refractivity contribution in [1.29, 1.82) is 0 Å². The molecule has 1 aromatic carbocycles. The average molecular weight is 257 g/mol. The molecule has 0 fully saturated rings. The first-order valence-electron chi connectivity index (χ1n) is 4.59. The molecule has 0 saturated heterocycles. The van der Waals surface area contributed by atoms with Gasteiger partial charge in [-0.05, 0) is 10.4 Å². The molecule has 2 aromatic rings. The number of rotatable bonds is 3. The molecular weight excluding hydrogens is 248 g/mol. The fraction of sp³-hybridized carbons (Fsp3) is 0.222. The summed E-state index contributed by atoms with van der Waals surface area (Å²) in [5.41, 5.74) is -0.0832. The molecule has 1 heterocycles. The zero-order valence-electron chi connectivity index (χ0n) is 9.10. The Morgan fingerprint density at radius 1 is 1.29 bits per heavy atom. The Labute approximate surface area is 101 Å². The highest BCUT2D eigenvalue weighted by molar-refractivity contribution is 6.32. The Morgan fingerprint density at radius 2 is 2.00 bits per heavy atom. The minimum Gasteiger partial charge on any atom is -0.495 e. The van der Waals surface area contributed by atoms with Crippen LogP contribution in [0.15, 0.2) is 16.9 Å². The molecule has 17 heavy (non-hydrogen) atoms. The van der Waals surface area contributed by atoms with E-state index >= 15 is 0 Å². The van der Waals surface area contributed by atoms with Crippen molar-refractivity contribution in [3.8, 4) is 17.2 Å². The van der Waals surface area contributed by atoms with Crippen LogP contribution in [0.3, 0.4) is 0 Å². The first-order chi connectivity index (χ1) is 8.17. The molecule has 0 atom stereocenters. The average Bonchev–Trinajstić information content (AvgIpc) is 2.75. The SMILES string of the molecule is COc1cc(-n2nn[nH]c2=O)c(OC)cc1Cl. The van der Waals surface area contributed by atoms with E-state index in [9.17, 15) is 4.79 Å². The molecule has 0 bridgehead atoms. The molecule has 0 spiro atoms. The maximum Gasteiger partial charge on any atom is 0.365 e. The van der Waals surface area contributed by atoms with Gasteiger partial charge in [-0.1, -0.05) is 11.6 Å². The Balaban J connectivity index is 2.67. The van der Waals surface area contributed by atoms with Crippen molar-refractivity contribution in [3.05, 3.63) is 27.6 Å². The van der Waals surface area contributed by atoms with E-state index in [1.165, 1.54) is 20.3 Å². The maximum atomic E-state index is 11.4. The second-order valence-electron chi connectivity index (χ2n) is 3.08. The number of nitrogens with zero attached hydrogens (tertiary/aromatic N) is 3. The van der Waals surface area contributed by atoms with E-state index in [4.69, 9.17) is 21.1 Å². The third-order valence-corrected chi connectivity index (χ3v) is 2.45. The lowest BCUT2D eigenvalue weighted by molar-refractivity contribution is 0.400. The Morgan fingerprint density at radius 3 is 2.53 bits per heavy atom. The van der Waals surface area contributed by atoms with Crippen LogP contribution in [0.1, 0.15) is 0 Å². The summed E-state index contributed by atoms with van der Waals surface area (Å²) in [6.45, 7) is 0. The summed E-state index contributed by atoms with van der Waals surface area (Å²) >= 11 is 5.95. The Kier molecular flexibility index (Phi) is 3.01. The van der Waals surface area contributed by atoms with Crippen molar-refractivity contribution in [2.24, 2.45) is 0 Å². The van der Waals surface area contributed by atoms with Gasteiger partial charge in [0.15, 0.2) is 0 Å². The number of hydrogen-bond acceptors (Lipinski definition) is 5. The van der Waals surface area contributed by atoms with Crippen molar-refractivity contribution in [3.63, 3.8) is 0 Å². The van der Waals surface area contributed by atoms with Crippen molar-refractivity contribution in [1.82, 2.24) is 20.2 Å². The highest BCUT2D eigenvalue weighted by Gasteiger charge is 2.14. The normalized spacial score (nSPS) is 10.3. The summed E-state index contributed by atoms with van der Waals surface area (Å²) in [6.07, 6.45) is 0. The van der Waals surface area contributed by atoms with Crippen LogP contribution in [0.4, 0.5) is 0 Å². The number of halogens is 1. The molecule has 1 N–H and O–H groups in total. The lowest BCUT2D eigenvalue weighted by Gasteiger charge is -2.10. The zero-order chi connectivity index (χ0) is 12.4. The summed E-state index contributed by atoms with van der Waals surface area (Å²) in [5.74, 6) is 0.809. The summed E-state index contributed by atoms with van der Waals surface area (Å²) < 4.78 is 11.2. The zero-order valence-corrected chi connectivity index (χ0v) is 9.85. The number of hydrogen-bond donors (Lipinski definition) is 1. The highest BCUT2D eigenvalue weighted by Crippen LogP contribution is 2.33. The van der Waals surface area contributed by atoms with Gasteiger partial charge in [0.05, 0.1) is 19.2 Å². The third kappa shape index (κ3) is 1.96. The minimum atomic E-state index is -0.479. The van der Waals surface area contributed by atoms with Gasteiger partial charge in [-0.15, -0.1) is 0 Å². The third-order valence-electron chi connectivity index (χ3n) is 2.15. The predicted octanol–water partition coefficient (Wildman–Crippen LogP) is 0.626. The lowest BCUT2D eigenvalue weighted by atomic mass is 10.2. The van der Waals surface area contributed by atoms with Crippen LogP contribution in [-0.2, 0) is 0 Å². The van der Waals surface area contributed by atoms with Gasteiger partial charge in [0.1, 0.15) is 17.2 Å². The minimum absolute atomic E-state index is 0.379. The summed E-state index contributed by atoms with van der Waals surface area (Å²) in [4.78, 5) is 11.4. The van der Waals surface area contributed by atoms with Gasteiger partial charge in [0, 0.05) is 12.1 Å². The van der Waals surface area contributed by atoms with E-state index in [1.54, 1.807) is 6.07 Å². The molecule has 7 nitrogen and oxygen atoms in total. The van der Waals surface area contributed by atoms with E-state index in [0.717, 1.165) is 4.68 Å². The van der Waals surface area contributed by atoms with Crippen molar-refractivity contribution < 1.29 is 9.47 Å². The van der Waals surface area contributed by atoms with Crippen LogP contribution in [0, 0.1) is 0 Å². The van der Waals surface area contributed by atoms with Crippen molar-refractivity contribution >= 4 is 11.6 Å². The molecule has 1 aromatic heterocycles. The topological polar surface area (TPSA) is 82.0 Å². The summed E-state index contributed by atoms with van der Waals surface area (Å²) in [7, 11) is 2.94. The Hall–Kier alpha value is -2.02. The first-order valence-corrected chi connectivity index (χ1v) is 4.97.